The van der Waals surface area contributed by atoms with Crippen molar-refractivity contribution in [2.75, 3.05) is 5.73 Å². The van der Waals surface area contributed by atoms with Crippen LogP contribution in [0.2, 0.25) is 0 Å². The van der Waals surface area contributed by atoms with Gasteiger partial charge >= 0.3 is 0 Å². The Morgan fingerprint density at radius 3 is 2.72 bits per heavy atom. The van der Waals surface area contributed by atoms with Gasteiger partial charge in [0.15, 0.2) is 5.69 Å². The van der Waals surface area contributed by atoms with E-state index in [-0.39, 0.29) is 11.4 Å². The van der Waals surface area contributed by atoms with Crippen LogP contribution in [-0.4, -0.2) is 15.7 Å². The summed E-state index contributed by atoms with van der Waals surface area (Å²) < 4.78 is 1.46. The second-order valence-corrected chi connectivity index (χ2v) is 3.85. The van der Waals surface area contributed by atoms with Crippen molar-refractivity contribution in [3.05, 3.63) is 41.2 Å². The van der Waals surface area contributed by atoms with Gasteiger partial charge in [0.05, 0.1) is 29.2 Å². The number of nitrogens with two attached hydrogens (primary N) is 2. The number of carbonyl (C=O) groups excluding carboxylic acids is 1. The third kappa shape index (κ3) is 1.89. The average molecular weight is 241 g/mol. The highest BCUT2D eigenvalue weighted by molar-refractivity contribution is 5.95. The van der Waals surface area contributed by atoms with Crippen LogP contribution in [0.15, 0.2) is 24.4 Å². The molecule has 1 aromatic heterocycles. The van der Waals surface area contributed by atoms with Gasteiger partial charge in [-0.05, 0) is 30.7 Å². The van der Waals surface area contributed by atoms with Crippen LogP contribution in [0.25, 0.3) is 5.69 Å². The highest BCUT2D eigenvalue weighted by Crippen LogP contribution is 2.17. The minimum absolute atomic E-state index is 0.0389. The molecule has 1 amide bonds. The molecule has 2 rings (SSSR count). The average Bonchev–Trinajstić information content (AvgIpc) is 2.71. The molecule has 2 aromatic rings. The van der Waals surface area contributed by atoms with E-state index in [1.54, 1.807) is 18.2 Å². The molecule has 6 heteroatoms. The van der Waals surface area contributed by atoms with Crippen molar-refractivity contribution < 1.29 is 4.79 Å². The first kappa shape index (κ1) is 11.7. The summed E-state index contributed by atoms with van der Waals surface area (Å²) in [6, 6.07) is 7.28. The van der Waals surface area contributed by atoms with Gasteiger partial charge in [-0.15, -0.1) is 0 Å². The standard InChI is InChI=1S/C12H11N5O/c1-7-4-9(3-2-8(7)5-13)17-6-10(14)11(16-17)12(15)18/h2-4,6H,14H2,1H3,(H2,15,18). The molecule has 1 heterocycles. The van der Waals surface area contributed by atoms with Crippen LogP contribution in [0, 0.1) is 18.3 Å². The van der Waals surface area contributed by atoms with Gasteiger partial charge in [-0.25, -0.2) is 4.68 Å². The van der Waals surface area contributed by atoms with Crippen molar-refractivity contribution in [1.29, 1.82) is 5.26 Å². The number of hydrogen-bond donors (Lipinski definition) is 2. The number of aromatic nitrogens is 2. The molecule has 0 atom stereocenters. The molecule has 4 N–H and O–H groups in total. The second-order valence-electron chi connectivity index (χ2n) is 3.85. The zero-order chi connectivity index (χ0) is 13.3. The number of nitrogens with zero attached hydrogens (tertiary/aromatic N) is 3. The first-order valence-corrected chi connectivity index (χ1v) is 5.19. The van der Waals surface area contributed by atoms with Crippen LogP contribution in [0.1, 0.15) is 21.6 Å². The number of nitriles is 1. The van der Waals surface area contributed by atoms with Crippen LogP contribution in [0.4, 0.5) is 5.69 Å². The lowest BCUT2D eigenvalue weighted by molar-refractivity contribution is 0.0996. The molecule has 90 valence electrons. The van der Waals surface area contributed by atoms with E-state index in [0.717, 1.165) is 5.56 Å². The minimum atomic E-state index is -0.670. The fourth-order valence-electron chi connectivity index (χ4n) is 1.63. The maximum Gasteiger partial charge on any atom is 0.271 e. The maximum absolute atomic E-state index is 11.1. The third-order valence-electron chi connectivity index (χ3n) is 2.57. The summed E-state index contributed by atoms with van der Waals surface area (Å²) in [5.41, 5.74) is 13.2. The van der Waals surface area contributed by atoms with E-state index >= 15 is 0 Å². The van der Waals surface area contributed by atoms with Crippen molar-refractivity contribution in [3.63, 3.8) is 0 Å². The Bertz CT molecular complexity index is 666. The minimum Gasteiger partial charge on any atom is -0.396 e. The number of nitrogen functional groups attached to an aromatic ring is 1. The predicted molar refractivity (Wildman–Crippen MR) is 65.9 cm³/mol. The van der Waals surface area contributed by atoms with Crippen molar-refractivity contribution >= 4 is 11.6 Å². The van der Waals surface area contributed by atoms with E-state index < -0.39 is 5.91 Å². The van der Waals surface area contributed by atoms with E-state index in [0.29, 0.717) is 11.3 Å². The SMILES string of the molecule is Cc1cc(-n2cc(N)c(C(N)=O)n2)ccc1C#N. The van der Waals surface area contributed by atoms with Crippen molar-refractivity contribution in [3.8, 4) is 11.8 Å². The normalized spacial score (nSPS) is 10.0. The van der Waals surface area contributed by atoms with Crippen molar-refractivity contribution in [1.82, 2.24) is 9.78 Å². The third-order valence-corrected chi connectivity index (χ3v) is 2.57. The topological polar surface area (TPSA) is 111 Å². The summed E-state index contributed by atoms with van der Waals surface area (Å²) in [5.74, 6) is -0.670. The summed E-state index contributed by atoms with van der Waals surface area (Å²) in [7, 11) is 0. The van der Waals surface area contributed by atoms with E-state index in [4.69, 9.17) is 16.7 Å². The number of anilines is 1. The van der Waals surface area contributed by atoms with Crippen LogP contribution in [0.3, 0.4) is 0 Å². The first-order valence-electron chi connectivity index (χ1n) is 5.19. The molecular formula is C12H11N5O. The fraction of sp³-hybridized carbons (Fsp3) is 0.0833. The van der Waals surface area contributed by atoms with Gasteiger partial charge in [0.2, 0.25) is 0 Å². The number of primary amides is 1. The number of benzene rings is 1. The summed E-state index contributed by atoms with van der Waals surface area (Å²) in [6.45, 7) is 1.82. The molecule has 0 saturated heterocycles. The van der Waals surface area contributed by atoms with Crippen molar-refractivity contribution in [2.45, 2.75) is 6.92 Å². The Kier molecular flexibility index (Phi) is 2.73. The van der Waals surface area contributed by atoms with Gasteiger partial charge < -0.3 is 11.5 Å². The molecule has 0 spiro atoms. The summed E-state index contributed by atoms with van der Waals surface area (Å²) in [5, 5.41) is 12.9. The monoisotopic (exact) mass is 241 g/mol. The molecule has 0 bridgehead atoms. The van der Waals surface area contributed by atoms with E-state index in [1.807, 2.05) is 6.92 Å². The van der Waals surface area contributed by atoms with E-state index in [1.165, 1.54) is 10.9 Å². The molecule has 0 saturated carbocycles. The molecule has 0 aliphatic heterocycles. The Hall–Kier alpha value is -2.81. The van der Waals surface area contributed by atoms with Crippen LogP contribution in [-0.2, 0) is 0 Å². The van der Waals surface area contributed by atoms with Crippen LogP contribution >= 0.6 is 0 Å². The second kappa shape index (κ2) is 4.22. The molecule has 0 unspecified atom stereocenters. The maximum atomic E-state index is 11.1. The molecule has 0 aliphatic carbocycles. The summed E-state index contributed by atoms with van der Waals surface area (Å²) in [6.07, 6.45) is 1.51. The number of amides is 1. The Morgan fingerprint density at radius 2 is 2.22 bits per heavy atom. The molecule has 0 fully saturated rings. The number of hydrogen-bond acceptors (Lipinski definition) is 4. The van der Waals surface area contributed by atoms with E-state index in [2.05, 4.69) is 11.2 Å². The number of carbonyl (C=O) groups is 1. The molecule has 0 radical (unpaired) electrons. The smallest absolute Gasteiger partial charge is 0.271 e. The predicted octanol–water partition coefficient (Wildman–Crippen LogP) is 0.733. The summed E-state index contributed by atoms with van der Waals surface area (Å²) >= 11 is 0. The van der Waals surface area contributed by atoms with Gasteiger partial charge in [0.25, 0.3) is 5.91 Å². The Balaban J connectivity index is 2.50. The largest absolute Gasteiger partial charge is 0.396 e. The van der Waals surface area contributed by atoms with Gasteiger partial charge in [-0.1, -0.05) is 0 Å². The fourth-order valence-corrected chi connectivity index (χ4v) is 1.63. The zero-order valence-corrected chi connectivity index (χ0v) is 9.71. The number of rotatable bonds is 2. The van der Waals surface area contributed by atoms with Gasteiger partial charge in [0.1, 0.15) is 0 Å². The van der Waals surface area contributed by atoms with Gasteiger partial charge in [-0.2, -0.15) is 10.4 Å². The lowest BCUT2D eigenvalue weighted by Gasteiger charge is -2.03. The quantitative estimate of drug-likeness (QED) is 0.807. The van der Waals surface area contributed by atoms with Gasteiger partial charge in [0, 0.05) is 0 Å². The summed E-state index contributed by atoms with van der Waals surface area (Å²) in [4.78, 5) is 11.1. The lowest BCUT2D eigenvalue weighted by Crippen LogP contribution is -2.14. The first-order chi connectivity index (χ1) is 8.52. The molecule has 0 aliphatic rings. The zero-order valence-electron chi connectivity index (χ0n) is 9.71. The lowest BCUT2D eigenvalue weighted by atomic mass is 10.1. The van der Waals surface area contributed by atoms with Crippen LogP contribution < -0.4 is 11.5 Å². The molecule has 1 aromatic carbocycles. The Labute approximate surface area is 103 Å². The van der Waals surface area contributed by atoms with Gasteiger partial charge in [-0.3, -0.25) is 4.79 Å². The molecular weight excluding hydrogens is 230 g/mol. The highest BCUT2D eigenvalue weighted by atomic mass is 16.1. The van der Waals surface area contributed by atoms with E-state index in [9.17, 15) is 4.79 Å². The Morgan fingerprint density at radius 1 is 1.50 bits per heavy atom. The highest BCUT2D eigenvalue weighted by Gasteiger charge is 2.12. The molecule has 6 nitrogen and oxygen atoms in total. The van der Waals surface area contributed by atoms with Crippen LogP contribution in [0.5, 0.6) is 0 Å². The number of aryl methyl sites for hydroxylation is 1. The van der Waals surface area contributed by atoms with Crippen molar-refractivity contribution in [2.24, 2.45) is 5.73 Å². The molecule has 18 heavy (non-hydrogen) atoms.